The average Bonchev–Trinajstić information content (AvgIpc) is 2.14. The summed E-state index contributed by atoms with van der Waals surface area (Å²) in [7, 11) is 0. The summed E-state index contributed by atoms with van der Waals surface area (Å²) in [6.45, 7) is 1.97. The maximum Gasteiger partial charge on any atom is 0.0343 e. The molecule has 1 aromatic carbocycles. The second kappa shape index (κ2) is 5.21. The molecule has 0 nitrogen and oxygen atoms in total. The van der Waals surface area contributed by atoms with Crippen LogP contribution in [0, 0.1) is 11.8 Å². The van der Waals surface area contributed by atoms with Crippen molar-refractivity contribution in [2.45, 2.75) is 13.3 Å². The van der Waals surface area contributed by atoms with Crippen molar-refractivity contribution in [3.8, 4) is 11.8 Å². The van der Waals surface area contributed by atoms with Gasteiger partial charge in [0.1, 0.15) is 0 Å². The molecular weight excluding hydrogens is 144 g/mol. The van der Waals surface area contributed by atoms with Gasteiger partial charge in [-0.05, 0) is 18.6 Å². The standard InChI is InChI=1S/C12H12/c1-2-3-4-6-9-12-10-7-5-8-11-12/h2-3,5,7-8,10-11H,9H2,1H3. The summed E-state index contributed by atoms with van der Waals surface area (Å²) in [5.41, 5.74) is 1.27. The fraction of sp³-hybridized carbons (Fsp3) is 0.167. The van der Waals surface area contributed by atoms with Crippen LogP contribution in [-0.2, 0) is 6.42 Å². The summed E-state index contributed by atoms with van der Waals surface area (Å²) in [6.07, 6.45) is 4.64. The Morgan fingerprint density at radius 1 is 1.25 bits per heavy atom. The fourth-order valence-corrected chi connectivity index (χ4v) is 0.891. The Kier molecular flexibility index (Phi) is 3.74. The predicted octanol–water partition coefficient (Wildman–Crippen LogP) is 2.81. The van der Waals surface area contributed by atoms with Crippen molar-refractivity contribution in [3.63, 3.8) is 0 Å². The molecule has 0 heteroatoms. The van der Waals surface area contributed by atoms with E-state index in [0.717, 1.165) is 6.42 Å². The quantitative estimate of drug-likeness (QED) is 0.548. The highest BCUT2D eigenvalue weighted by Crippen LogP contribution is 1.97. The highest BCUT2D eigenvalue weighted by atomic mass is 13.9. The van der Waals surface area contributed by atoms with Crippen LogP contribution in [0.5, 0.6) is 0 Å². The molecule has 0 aromatic heterocycles. The molecule has 1 aromatic rings. The van der Waals surface area contributed by atoms with Crippen LogP contribution >= 0.6 is 0 Å². The third-order valence-electron chi connectivity index (χ3n) is 1.49. The van der Waals surface area contributed by atoms with Crippen molar-refractivity contribution in [2.75, 3.05) is 0 Å². The molecule has 0 saturated heterocycles. The molecule has 0 heterocycles. The highest BCUT2D eigenvalue weighted by molar-refractivity contribution is 5.23. The molecule has 0 unspecified atom stereocenters. The Balaban J connectivity index is 2.50. The van der Waals surface area contributed by atoms with Crippen LogP contribution in [0.3, 0.4) is 0 Å². The van der Waals surface area contributed by atoms with E-state index in [1.165, 1.54) is 5.56 Å². The van der Waals surface area contributed by atoms with E-state index in [2.05, 4.69) is 24.0 Å². The molecule has 0 aliphatic heterocycles. The van der Waals surface area contributed by atoms with Crippen molar-refractivity contribution in [3.05, 3.63) is 48.0 Å². The average molecular weight is 156 g/mol. The minimum atomic E-state index is 0.838. The molecule has 12 heavy (non-hydrogen) atoms. The zero-order valence-corrected chi connectivity index (χ0v) is 7.25. The van der Waals surface area contributed by atoms with Gasteiger partial charge in [0.15, 0.2) is 0 Å². The van der Waals surface area contributed by atoms with Crippen LogP contribution in [0.15, 0.2) is 42.5 Å². The molecule has 0 spiro atoms. The van der Waals surface area contributed by atoms with Gasteiger partial charge in [0.25, 0.3) is 0 Å². The molecule has 0 aliphatic rings. The zero-order valence-electron chi connectivity index (χ0n) is 7.25. The summed E-state index contributed by atoms with van der Waals surface area (Å²) < 4.78 is 0. The van der Waals surface area contributed by atoms with Crippen LogP contribution in [0.4, 0.5) is 0 Å². The zero-order chi connectivity index (χ0) is 8.65. The van der Waals surface area contributed by atoms with Crippen molar-refractivity contribution in [2.24, 2.45) is 0 Å². The van der Waals surface area contributed by atoms with Crippen molar-refractivity contribution in [1.82, 2.24) is 0 Å². The summed E-state index contributed by atoms with van der Waals surface area (Å²) in [5.74, 6) is 6.02. The second-order valence-corrected chi connectivity index (χ2v) is 2.48. The van der Waals surface area contributed by atoms with E-state index in [1.54, 1.807) is 0 Å². The Morgan fingerprint density at radius 2 is 2.00 bits per heavy atom. The first-order chi connectivity index (χ1) is 5.93. The van der Waals surface area contributed by atoms with Gasteiger partial charge in [-0.1, -0.05) is 48.2 Å². The molecule has 0 saturated carbocycles. The van der Waals surface area contributed by atoms with E-state index in [4.69, 9.17) is 0 Å². The third-order valence-corrected chi connectivity index (χ3v) is 1.49. The third kappa shape index (κ3) is 3.07. The van der Waals surface area contributed by atoms with Gasteiger partial charge < -0.3 is 0 Å². The van der Waals surface area contributed by atoms with Crippen molar-refractivity contribution < 1.29 is 0 Å². The second-order valence-electron chi connectivity index (χ2n) is 2.48. The topological polar surface area (TPSA) is 0 Å². The predicted molar refractivity (Wildman–Crippen MR) is 52.7 cm³/mol. The number of allylic oxidation sites excluding steroid dienone is 2. The molecule has 0 bridgehead atoms. The number of benzene rings is 1. The molecular formula is C12H12. The van der Waals surface area contributed by atoms with E-state index >= 15 is 0 Å². The van der Waals surface area contributed by atoms with Gasteiger partial charge in [0.05, 0.1) is 0 Å². The lowest BCUT2D eigenvalue weighted by Gasteiger charge is -1.90. The van der Waals surface area contributed by atoms with E-state index in [0.29, 0.717) is 0 Å². The maximum atomic E-state index is 3.07. The minimum absolute atomic E-state index is 0.838. The van der Waals surface area contributed by atoms with E-state index in [-0.39, 0.29) is 0 Å². The Morgan fingerprint density at radius 3 is 2.67 bits per heavy atom. The van der Waals surface area contributed by atoms with Crippen LogP contribution in [0.2, 0.25) is 0 Å². The summed E-state index contributed by atoms with van der Waals surface area (Å²) >= 11 is 0. The monoisotopic (exact) mass is 156 g/mol. The van der Waals surface area contributed by atoms with Gasteiger partial charge in [-0.2, -0.15) is 0 Å². The summed E-state index contributed by atoms with van der Waals surface area (Å²) in [6, 6.07) is 10.3. The lowest BCUT2D eigenvalue weighted by atomic mass is 10.2. The van der Waals surface area contributed by atoms with E-state index in [1.807, 2.05) is 37.3 Å². The van der Waals surface area contributed by atoms with Crippen molar-refractivity contribution >= 4 is 0 Å². The number of hydrogen-bond donors (Lipinski definition) is 0. The molecule has 0 fully saturated rings. The van der Waals surface area contributed by atoms with Gasteiger partial charge in [0.2, 0.25) is 0 Å². The molecule has 0 radical (unpaired) electrons. The summed E-state index contributed by atoms with van der Waals surface area (Å²) in [5, 5.41) is 0. The van der Waals surface area contributed by atoms with Gasteiger partial charge in [-0.25, -0.2) is 0 Å². The Bertz CT molecular complexity index is 296. The first kappa shape index (κ1) is 8.62. The lowest BCUT2D eigenvalue weighted by Crippen LogP contribution is -1.77. The molecule has 0 aliphatic carbocycles. The van der Waals surface area contributed by atoms with Crippen LogP contribution in [0.25, 0.3) is 0 Å². The van der Waals surface area contributed by atoms with Gasteiger partial charge in [-0.3, -0.25) is 0 Å². The maximum absolute atomic E-state index is 3.07. The minimum Gasteiger partial charge on any atom is -0.0937 e. The number of hydrogen-bond acceptors (Lipinski definition) is 0. The van der Waals surface area contributed by atoms with Crippen LogP contribution in [-0.4, -0.2) is 0 Å². The SMILES string of the molecule is CC=CC#CCc1ccccc1. The highest BCUT2D eigenvalue weighted by Gasteiger charge is 1.83. The summed E-state index contributed by atoms with van der Waals surface area (Å²) in [4.78, 5) is 0. The molecule has 1 rings (SSSR count). The van der Waals surface area contributed by atoms with E-state index in [9.17, 15) is 0 Å². The van der Waals surface area contributed by atoms with Gasteiger partial charge >= 0.3 is 0 Å². The fourth-order valence-electron chi connectivity index (χ4n) is 0.891. The smallest absolute Gasteiger partial charge is 0.0343 e. The molecule has 0 N–H and O–H groups in total. The van der Waals surface area contributed by atoms with Gasteiger partial charge in [-0.15, -0.1) is 0 Å². The van der Waals surface area contributed by atoms with Crippen LogP contribution in [0.1, 0.15) is 12.5 Å². The molecule has 0 atom stereocenters. The first-order valence-electron chi connectivity index (χ1n) is 4.07. The Hall–Kier alpha value is -1.48. The van der Waals surface area contributed by atoms with Crippen molar-refractivity contribution in [1.29, 1.82) is 0 Å². The van der Waals surface area contributed by atoms with E-state index < -0.39 is 0 Å². The molecule has 0 amide bonds. The molecule has 60 valence electrons. The van der Waals surface area contributed by atoms with Crippen LogP contribution < -0.4 is 0 Å². The largest absolute Gasteiger partial charge is 0.0937 e. The normalized spacial score (nSPS) is 9.42. The Labute approximate surface area is 73.9 Å². The first-order valence-corrected chi connectivity index (χ1v) is 4.07. The number of rotatable bonds is 1. The lowest BCUT2D eigenvalue weighted by molar-refractivity contribution is 1.32. The van der Waals surface area contributed by atoms with Gasteiger partial charge in [0, 0.05) is 6.42 Å².